The molecule has 1 aliphatic heterocycles. The van der Waals surface area contributed by atoms with Gasteiger partial charge in [0.15, 0.2) is 0 Å². The van der Waals surface area contributed by atoms with Gasteiger partial charge in [0, 0.05) is 12.6 Å². The van der Waals surface area contributed by atoms with Crippen LogP contribution in [-0.4, -0.2) is 44.6 Å². The van der Waals surface area contributed by atoms with Crippen molar-refractivity contribution < 1.29 is 18.3 Å². The van der Waals surface area contributed by atoms with E-state index in [2.05, 4.69) is 4.72 Å². The molecule has 0 aromatic carbocycles. The molecule has 0 aromatic rings. The fourth-order valence-corrected chi connectivity index (χ4v) is 3.17. The highest BCUT2D eigenvalue weighted by Gasteiger charge is 2.24. The van der Waals surface area contributed by atoms with Gasteiger partial charge >= 0.3 is 0 Å². The Morgan fingerprint density at radius 3 is 2.80 bits per heavy atom. The highest BCUT2D eigenvalue weighted by atomic mass is 32.2. The largest absolute Gasteiger partial charge is 0.395 e. The predicted molar refractivity (Wildman–Crippen MR) is 57.1 cm³/mol. The maximum atomic E-state index is 11.6. The second-order valence-corrected chi connectivity index (χ2v) is 5.62. The summed E-state index contributed by atoms with van der Waals surface area (Å²) in [5.74, 6) is 0.00347. The molecule has 1 rings (SSSR count). The van der Waals surface area contributed by atoms with E-state index in [1.54, 1.807) is 0 Å². The third kappa shape index (κ3) is 4.46. The van der Waals surface area contributed by atoms with E-state index in [-0.39, 0.29) is 24.5 Å². The molecule has 1 aliphatic rings. The van der Waals surface area contributed by atoms with E-state index in [1.165, 1.54) is 0 Å². The molecule has 6 heteroatoms. The summed E-state index contributed by atoms with van der Waals surface area (Å²) < 4.78 is 30.9. The van der Waals surface area contributed by atoms with Crippen LogP contribution in [0.2, 0.25) is 0 Å². The summed E-state index contributed by atoms with van der Waals surface area (Å²) in [6.07, 6.45) is 2.13. The van der Waals surface area contributed by atoms with Crippen molar-refractivity contribution in [3.63, 3.8) is 0 Å². The van der Waals surface area contributed by atoms with Crippen LogP contribution in [0.1, 0.15) is 26.2 Å². The average molecular weight is 237 g/mol. The third-order valence-electron chi connectivity index (χ3n) is 2.49. The first-order chi connectivity index (χ1) is 7.07. The number of hydrogen-bond donors (Lipinski definition) is 2. The van der Waals surface area contributed by atoms with Gasteiger partial charge in [-0.2, -0.15) is 0 Å². The Morgan fingerprint density at radius 1 is 1.60 bits per heavy atom. The van der Waals surface area contributed by atoms with Crippen molar-refractivity contribution in [3.05, 3.63) is 0 Å². The van der Waals surface area contributed by atoms with Crippen molar-refractivity contribution in [2.24, 2.45) is 0 Å². The summed E-state index contributed by atoms with van der Waals surface area (Å²) >= 11 is 0. The van der Waals surface area contributed by atoms with Crippen molar-refractivity contribution >= 4 is 10.0 Å². The molecule has 5 nitrogen and oxygen atoms in total. The Morgan fingerprint density at radius 2 is 2.33 bits per heavy atom. The topological polar surface area (TPSA) is 75.6 Å². The molecule has 0 radical (unpaired) electrons. The highest BCUT2D eigenvalue weighted by molar-refractivity contribution is 7.89. The lowest BCUT2D eigenvalue weighted by Gasteiger charge is -2.16. The number of aliphatic hydroxyl groups is 1. The van der Waals surface area contributed by atoms with Crippen LogP contribution in [-0.2, 0) is 14.8 Å². The number of ether oxygens (including phenoxy) is 1. The van der Waals surface area contributed by atoms with Gasteiger partial charge in [0.2, 0.25) is 10.0 Å². The van der Waals surface area contributed by atoms with E-state index >= 15 is 0 Å². The predicted octanol–water partition coefficient (Wildman–Crippen LogP) is -0.144. The maximum absolute atomic E-state index is 11.6. The molecule has 0 saturated carbocycles. The summed E-state index contributed by atoms with van der Waals surface area (Å²) in [6.45, 7) is 2.31. The number of aliphatic hydroxyl groups excluding tert-OH is 1. The molecule has 15 heavy (non-hydrogen) atoms. The summed E-state index contributed by atoms with van der Waals surface area (Å²) in [6, 6.07) is -0.378. The van der Waals surface area contributed by atoms with E-state index in [1.807, 2.05) is 6.92 Å². The number of hydrogen-bond acceptors (Lipinski definition) is 4. The van der Waals surface area contributed by atoms with Crippen molar-refractivity contribution in [1.29, 1.82) is 0 Å². The second-order valence-electron chi connectivity index (χ2n) is 3.82. The molecular weight excluding hydrogens is 218 g/mol. The van der Waals surface area contributed by atoms with E-state index < -0.39 is 10.0 Å². The summed E-state index contributed by atoms with van der Waals surface area (Å²) in [7, 11) is -3.32. The summed E-state index contributed by atoms with van der Waals surface area (Å²) in [5.41, 5.74) is 0. The minimum Gasteiger partial charge on any atom is -0.395 e. The van der Waals surface area contributed by atoms with E-state index in [4.69, 9.17) is 9.84 Å². The lowest BCUT2D eigenvalue weighted by atomic mass is 10.3. The van der Waals surface area contributed by atoms with E-state index in [0.29, 0.717) is 13.0 Å². The first-order valence-electron chi connectivity index (χ1n) is 5.30. The first kappa shape index (κ1) is 12.9. The van der Waals surface area contributed by atoms with Crippen molar-refractivity contribution in [1.82, 2.24) is 4.72 Å². The zero-order valence-electron chi connectivity index (χ0n) is 8.98. The Labute approximate surface area is 90.9 Å². The fraction of sp³-hybridized carbons (Fsp3) is 1.00. The fourth-order valence-electron chi connectivity index (χ4n) is 1.57. The van der Waals surface area contributed by atoms with Gasteiger partial charge in [-0.15, -0.1) is 0 Å². The van der Waals surface area contributed by atoms with Crippen LogP contribution in [0.4, 0.5) is 0 Å². The lowest BCUT2D eigenvalue weighted by molar-refractivity contribution is 0.127. The van der Waals surface area contributed by atoms with Crippen LogP contribution in [0.15, 0.2) is 0 Å². The van der Waals surface area contributed by atoms with E-state index in [0.717, 1.165) is 12.8 Å². The van der Waals surface area contributed by atoms with Gasteiger partial charge in [-0.3, -0.25) is 0 Å². The molecule has 1 unspecified atom stereocenters. The summed E-state index contributed by atoms with van der Waals surface area (Å²) in [5, 5.41) is 8.89. The Hall–Kier alpha value is -0.170. The summed E-state index contributed by atoms with van der Waals surface area (Å²) in [4.78, 5) is 0. The molecule has 0 bridgehead atoms. The van der Waals surface area contributed by atoms with E-state index in [9.17, 15) is 8.42 Å². The molecule has 0 spiro atoms. The van der Waals surface area contributed by atoms with Gasteiger partial charge < -0.3 is 9.84 Å². The lowest BCUT2D eigenvalue weighted by Crippen LogP contribution is -2.40. The van der Waals surface area contributed by atoms with Crippen LogP contribution in [0.25, 0.3) is 0 Å². The molecule has 0 amide bonds. The molecule has 1 fully saturated rings. The van der Waals surface area contributed by atoms with Gasteiger partial charge in [0.1, 0.15) is 0 Å². The van der Waals surface area contributed by atoms with Crippen LogP contribution in [0.5, 0.6) is 0 Å². The Kier molecular flexibility index (Phi) is 4.98. The van der Waals surface area contributed by atoms with Crippen molar-refractivity contribution in [2.75, 3.05) is 19.0 Å². The second kappa shape index (κ2) is 5.79. The minimum absolute atomic E-state index is 0.00347. The molecule has 90 valence electrons. The average Bonchev–Trinajstić information content (AvgIpc) is 2.66. The molecule has 2 N–H and O–H groups in total. The smallest absolute Gasteiger partial charge is 0.214 e. The standard InChI is InChI=1S/C9H19NO4S/c1-2-8(6-11)10-15(12,13)7-9-4-3-5-14-9/h8-11H,2-7H2,1H3/t8-,9?/m1/s1. The monoisotopic (exact) mass is 237 g/mol. The molecule has 0 aromatic heterocycles. The zero-order chi connectivity index (χ0) is 11.3. The maximum Gasteiger partial charge on any atom is 0.214 e. The minimum atomic E-state index is -3.32. The normalized spacial score (nSPS) is 24.3. The van der Waals surface area contributed by atoms with Gasteiger partial charge in [0.25, 0.3) is 0 Å². The number of sulfonamides is 1. The van der Waals surface area contributed by atoms with Crippen LogP contribution in [0, 0.1) is 0 Å². The van der Waals surface area contributed by atoms with Crippen LogP contribution in [0.3, 0.4) is 0 Å². The zero-order valence-corrected chi connectivity index (χ0v) is 9.79. The first-order valence-corrected chi connectivity index (χ1v) is 6.95. The SMILES string of the molecule is CC[C@H](CO)NS(=O)(=O)CC1CCCO1. The van der Waals surface area contributed by atoms with Gasteiger partial charge in [-0.25, -0.2) is 13.1 Å². The van der Waals surface area contributed by atoms with Crippen molar-refractivity contribution in [3.8, 4) is 0 Å². The third-order valence-corrected chi connectivity index (χ3v) is 3.99. The van der Waals surface area contributed by atoms with Crippen LogP contribution >= 0.6 is 0 Å². The molecule has 2 atom stereocenters. The quantitative estimate of drug-likeness (QED) is 0.674. The molecule has 1 heterocycles. The Balaban J connectivity index is 2.43. The number of rotatable bonds is 6. The molecular formula is C9H19NO4S. The van der Waals surface area contributed by atoms with Gasteiger partial charge in [0.05, 0.1) is 18.5 Å². The Bertz CT molecular complexity index is 258. The van der Waals surface area contributed by atoms with Gasteiger partial charge in [-0.1, -0.05) is 6.92 Å². The highest BCUT2D eigenvalue weighted by Crippen LogP contribution is 2.13. The molecule has 1 saturated heterocycles. The van der Waals surface area contributed by atoms with Crippen LogP contribution < -0.4 is 4.72 Å². The van der Waals surface area contributed by atoms with Gasteiger partial charge in [-0.05, 0) is 19.3 Å². The molecule has 0 aliphatic carbocycles. The van der Waals surface area contributed by atoms with Crippen molar-refractivity contribution in [2.45, 2.75) is 38.3 Å². The number of nitrogens with one attached hydrogen (secondary N) is 1.